The first-order valence-electron chi connectivity index (χ1n) is 10.3. The molecule has 1 aliphatic rings. The number of benzene rings is 2. The van der Waals surface area contributed by atoms with Crippen molar-refractivity contribution in [3.63, 3.8) is 0 Å². The number of aromatic nitrogens is 4. The lowest BCUT2D eigenvalue weighted by molar-refractivity contribution is -0.124. The third-order valence-corrected chi connectivity index (χ3v) is 7.52. The molecule has 12 heteroatoms. The fourth-order valence-corrected chi connectivity index (χ4v) is 5.79. The van der Waals surface area contributed by atoms with Gasteiger partial charge in [0.15, 0.2) is 5.03 Å². The Bertz CT molecular complexity index is 1540. The molecular formula is C23H16Cl3N5O3S. The van der Waals surface area contributed by atoms with Crippen molar-refractivity contribution >= 4 is 60.5 Å². The van der Waals surface area contributed by atoms with E-state index < -0.39 is 20.5 Å². The van der Waals surface area contributed by atoms with Crippen LogP contribution in [-0.2, 0) is 25.8 Å². The molecule has 1 aliphatic heterocycles. The van der Waals surface area contributed by atoms with E-state index in [1.807, 2.05) is 24.3 Å². The van der Waals surface area contributed by atoms with Crippen LogP contribution in [0.2, 0.25) is 10.0 Å². The molecule has 3 heterocycles. The van der Waals surface area contributed by atoms with Gasteiger partial charge in [0.1, 0.15) is 11.9 Å². The molecule has 5 rings (SSSR count). The second kappa shape index (κ2) is 8.60. The molecule has 0 radical (unpaired) electrons. The van der Waals surface area contributed by atoms with Crippen molar-refractivity contribution in [2.24, 2.45) is 0 Å². The van der Waals surface area contributed by atoms with Crippen molar-refractivity contribution in [2.45, 2.75) is 23.9 Å². The summed E-state index contributed by atoms with van der Waals surface area (Å²) >= 11 is 12.3. The summed E-state index contributed by atoms with van der Waals surface area (Å²) in [6.45, 7) is 1.65. The van der Waals surface area contributed by atoms with E-state index in [2.05, 4.69) is 15.0 Å². The van der Waals surface area contributed by atoms with Crippen molar-refractivity contribution < 1.29 is 13.2 Å². The fourth-order valence-electron chi connectivity index (χ4n) is 4.26. The molecule has 0 aliphatic carbocycles. The molecule has 0 bridgehead atoms. The van der Waals surface area contributed by atoms with Crippen LogP contribution in [0.3, 0.4) is 0 Å². The first kappa shape index (κ1) is 23.7. The summed E-state index contributed by atoms with van der Waals surface area (Å²) in [6.07, 6.45) is 6.17. The highest BCUT2D eigenvalue weighted by Gasteiger charge is 2.51. The minimum absolute atomic E-state index is 0.105. The van der Waals surface area contributed by atoms with E-state index in [0.717, 1.165) is 22.9 Å². The van der Waals surface area contributed by atoms with Gasteiger partial charge in [0, 0.05) is 45.1 Å². The van der Waals surface area contributed by atoms with Gasteiger partial charge in [0.25, 0.3) is 15.0 Å². The number of halogens is 3. The summed E-state index contributed by atoms with van der Waals surface area (Å²) in [5, 5.41) is 0.356. The number of fused-ring (bicyclic) bond motifs is 1. The Labute approximate surface area is 215 Å². The molecule has 0 saturated heterocycles. The molecule has 2 aromatic carbocycles. The second-order valence-corrected chi connectivity index (χ2v) is 11.6. The molecule has 0 N–H and O–H groups in total. The lowest BCUT2D eigenvalue weighted by atomic mass is 9.91. The predicted molar refractivity (Wildman–Crippen MR) is 134 cm³/mol. The van der Waals surface area contributed by atoms with E-state index in [4.69, 9.17) is 33.9 Å². The topological polar surface area (TPSA) is 98.1 Å². The van der Waals surface area contributed by atoms with Gasteiger partial charge < -0.3 is 0 Å². The summed E-state index contributed by atoms with van der Waals surface area (Å²) in [7, 11) is 1.51. The SMILES string of the molecule is C[C@@]1(Cc2ccc(-c3cncnc3)cc2)C(=O)N(c2cc(Cl)cc(Cl)c2)c2ncc(S(=O)(=O)Cl)n21. The van der Waals surface area contributed by atoms with E-state index in [1.165, 1.54) is 21.9 Å². The first-order valence-corrected chi connectivity index (χ1v) is 13.3. The van der Waals surface area contributed by atoms with Gasteiger partial charge in [-0.15, -0.1) is 0 Å². The molecule has 0 spiro atoms. The Morgan fingerprint density at radius 1 is 0.943 bits per heavy atom. The summed E-state index contributed by atoms with van der Waals surface area (Å²) in [5.74, 6) is -0.297. The first-order chi connectivity index (χ1) is 16.6. The largest absolute Gasteiger partial charge is 0.284 e. The van der Waals surface area contributed by atoms with Gasteiger partial charge in [0.05, 0.1) is 11.9 Å². The number of hydrogen-bond acceptors (Lipinski definition) is 6. The van der Waals surface area contributed by atoms with Gasteiger partial charge in [0.2, 0.25) is 5.95 Å². The van der Waals surface area contributed by atoms with Gasteiger partial charge in [-0.1, -0.05) is 47.5 Å². The number of imidazole rings is 1. The van der Waals surface area contributed by atoms with Crippen LogP contribution >= 0.6 is 33.9 Å². The average Bonchev–Trinajstić information content (AvgIpc) is 3.33. The molecule has 1 atom stereocenters. The molecule has 0 saturated carbocycles. The molecule has 8 nitrogen and oxygen atoms in total. The zero-order valence-corrected chi connectivity index (χ0v) is 21.1. The van der Waals surface area contributed by atoms with Crippen LogP contribution < -0.4 is 4.90 Å². The van der Waals surface area contributed by atoms with Crippen LogP contribution in [0.5, 0.6) is 0 Å². The van der Waals surface area contributed by atoms with Crippen molar-refractivity contribution in [1.82, 2.24) is 19.5 Å². The maximum absolute atomic E-state index is 13.9. The normalized spacial score (nSPS) is 17.6. The number of amides is 1. The van der Waals surface area contributed by atoms with E-state index in [0.29, 0.717) is 15.7 Å². The molecule has 35 heavy (non-hydrogen) atoms. The van der Waals surface area contributed by atoms with Crippen LogP contribution in [0.25, 0.3) is 11.1 Å². The van der Waals surface area contributed by atoms with Crippen LogP contribution in [-0.4, -0.2) is 33.8 Å². The number of carbonyl (C=O) groups excluding carboxylic acids is 1. The summed E-state index contributed by atoms with van der Waals surface area (Å²) in [5.41, 5.74) is 1.55. The average molecular weight is 549 g/mol. The summed E-state index contributed by atoms with van der Waals surface area (Å²) in [6, 6.07) is 12.2. The van der Waals surface area contributed by atoms with Gasteiger partial charge >= 0.3 is 0 Å². The van der Waals surface area contributed by atoms with E-state index >= 15 is 0 Å². The zero-order chi connectivity index (χ0) is 25.0. The third kappa shape index (κ3) is 4.18. The third-order valence-electron chi connectivity index (χ3n) is 5.82. The fraction of sp³-hybridized carbons (Fsp3) is 0.130. The van der Waals surface area contributed by atoms with Gasteiger partial charge in [-0.25, -0.2) is 28.3 Å². The number of nitrogens with zero attached hydrogens (tertiary/aromatic N) is 5. The minimum Gasteiger partial charge on any atom is -0.284 e. The maximum Gasteiger partial charge on any atom is 0.278 e. The van der Waals surface area contributed by atoms with Crippen molar-refractivity contribution in [2.75, 3.05) is 4.90 Å². The quantitative estimate of drug-likeness (QED) is 0.318. The number of anilines is 2. The molecule has 0 fully saturated rings. The van der Waals surface area contributed by atoms with Crippen LogP contribution in [0, 0.1) is 0 Å². The van der Waals surface area contributed by atoms with Gasteiger partial charge in [-0.2, -0.15) is 0 Å². The second-order valence-electron chi connectivity index (χ2n) is 8.21. The molecule has 0 unspecified atom stereocenters. The Morgan fingerprint density at radius 2 is 1.57 bits per heavy atom. The van der Waals surface area contributed by atoms with Gasteiger partial charge in [-0.05, 0) is 36.2 Å². The monoisotopic (exact) mass is 547 g/mol. The highest BCUT2D eigenvalue weighted by molar-refractivity contribution is 8.13. The minimum atomic E-state index is -4.21. The highest BCUT2D eigenvalue weighted by Crippen LogP contribution is 2.44. The highest BCUT2D eigenvalue weighted by atomic mass is 35.7. The number of rotatable bonds is 5. The Kier molecular flexibility index (Phi) is 5.83. The zero-order valence-electron chi connectivity index (χ0n) is 18.1. The summed E-state index contributed by atoms with van der Waals surface area (Å²) in [4.78, 5) is 27.5. The Balaban J connectivity index is 1.60. The predicted octanol–water partition coefficient (Wildman–Crippen LogP) is 5.21. The number of carbonyl (C=O) groups is 1. The summed E-state index contributed by atoms with van der Waals surface area (Å²) < 4.78 is 26.1. The van der Waals surface area contributed by atoms with Gasteiger partial charge in [-0.3, -0.25) is 9.36 Å². The van der Waals surface area contributed by atoms with E-state index in [1.54, 1.807) is 31.5 Å². The molecular weight excluding hydrogens is 533 g/mol. The van der Waals surface area contributed by atoms with Crippen molar-refractivity contribution in [3.05, 3.63) is 83.0 Å². The lowest BCUT2D eigenvalue weighted by Crippen LogP contribution is -2.41. The Morgan fingerprint density at radius 3 is 2.17 bits per heavy atom. The molecule has 178 valence electrons. The van der Waals surface area contributed by atoms with E-state index in [9.17, 15) is 13.2 Å². The van der Waals surface area contributed by atoms with Crippen molar-refractivity contribution in [1.29, 1.82) is 0 Å². The van der Waals surface area contributed by atoms with Crippen LogP contribution in [0.15, 0.2) is 72.4 Å². The number of hydrogen-bond donors (Lipinski definition) is 0. The smallest absolute Gasteiger partial charge is 0.278 e. The van der Waals surface area contributed by atoms with Crippen LogP contribution in [0.1, 0.15) is 12.5 Å². The van der Waals surface area contributed by atoms with Crippen LogP contribution in [0.4, 0.5) is 11.6 Å². The maximum atomic E-state index is 13.9. The molecule has 4 aromatic rings. The van der Waals surface area contributed by atoms with Crippen molar-refractivity contribution in [3.8, 4) is 11.1 Å². The molecule has 2 aromatic heterocycles. The standard InChI is InChI=1S/C23H16Cl3N5O3S/c1-23(9-14-2-4-15(5-3-14)16-10-27-13-28-11-16)21(32)30(19-7-17(24)6-18(25)8-19)22-29-12-20(31(22)23)35(26,33)34/h2-8,10-13H,9H2,1H3/t23-/m1/s1. The van der Waals surface area contributed by atoms with E-state index in [-0.39, 0.29) is 17.4 Å². The lowest BCUT2D eigenvalue weighted by Gasteiger charge is -2.26. The Hall–Kier alpha value is -2.98. The molecule has 1 amide bonds.